The largest absolute Gasteiger partial charge is 0.497 e. The fourth-order valence-electron chi connectivity index (χ4n) is 11.6. The molecule has 0 aliphatic carbocycles. The van der Waals surface area contributed by atoms with E-state index >= 15 is 0 Å². The van der Waals surface area contributed by atoms with Gasteiger partial charge in [0.2, 0.25) is 82.7 Å². The number of methoxy groups -OCH3 is 1. The number of benzene rings is 2. The normalized spacial score (nSPS) is 15.0. The van der Waals surface area contributed by atoms with Gasteiger partial charge in [0, 0.05) is 56.2 Å². The van der Waals surface area contributed by atoms with Crippen LogP contribution in [0, 0.1) is 32.1 Å². The molecule has 1 fully saturated rings. The molecule has 1 aliphatic heterocycles. The molecule has 680 valence electrons. The minimum Gasteiger partial charge on any atom is -0.497 e. The second kappa shape index (κ2) is 49.8. The highest BCUT2D eigenvalue weighted by Gasteiger charge is 2.41. The predicted octanol–water partition coefficient (Wildman–Crippen LogP) is -7.19. The maximum Gasteiger partial charge on any atom is 0.490 e. The molecule has 123 heavy (non-hydrogen) atoms. The Morgan fingerprint density at radius 2 is 1.05 bits per heavy atom. The Morgan fingerprint density at radius 1 is 0.585 bits per heavy atom. The number of carbonyl (C=O) groups is 15. The van der Waals surface area contributed by atoms with Crippen molar-refractivity contribution in [2.75, 3.05) is 58.4 Å². The summed E-state index contributed by atoms with van der Waals surface area (Å²) in [5.41, 5.74) is 30.1. The van der Waals surface area contributed by atoms with Crippen molar-refractivity contribution in [3.8, 4) is 5.75 Å². The number of carbonyl (C=O) groups excluding carboxylic acids is 14. The molecule has 49 nitrogen and oxygen atoms in total. The minimum absolute atomic E-state index is 0.0308. The summed E-state index contributed by atoms with van der Waals surface area (Å²) in [6.45, 7) is 4.32. The van der Waals surface area contributed by atoms with E-state index < -0.39 is 257 Å². The first kappa shape index (κ1) is 103. The number of hydrogen-bond donors (Lipinski definition) is 22. The van der Waals surface area contributed by atoms with Crippen LogP contribution in [0.3, 0.4) is 0 Å². The maximum absolute atomic E-state index is 14.7. The average molecular weight is 1750 g/mol. The lowest BCUT2D eigenvalue weighted by atomic mass is 10.0. The highest BCUT2D eigenvalue weighted by molar-refractivity contribution is 6.01. The molecule has 14 amide bonds. The van der Waals surface area contributed by atoms with Gasteiger partial charge in [-0.3, -0.25) is 97.3 Å². The minimum atomic E-state index is -5.08. The monoisotopic (exact) mass is 1750 g/mol. The van der Waals surface area contributed by atoms with E-state index in [1.165, 1.54) is 44.9 Å². The molecule has 52 heteroatoms. The number of anilines is 1. The Hall–Kier alpha value is -13.7. The van der Waals surface area contributed by atoms with Crippen molar-refractivity contribution in [3.05, 3.63) is 78.7 Å². The van der Waals surface area contributed by atoms with Gasteiger partial charge in [-0.1, -0.05) is 27.7 Å². The first-order chi connectivity index (χ1) is 57.6. The van der Waals surface area contributed by atoms with Crippen molar-refractivity contribution >= 4 is 129 Å². The first-order valence-electron chi connectivity index (χ1n) is 37.8. The van der Waals surface area contributed by atoms with E-state index in [0.29, 0.717) is 29.2 Å². The number of nitrogens with zero attached hydrogens (tertiary/aromatic N) is 5. The zero-order valence-corrected chi connectivity index (χ0v) is 67.7. The summed E-state index contributed by atoms with van der Waals surface area (Å²) >= 11 is 0. The van der Waals surface area contributed by atoms with E-state index in [2.05, 4.69) is 73.8 Å². The number of aliphatic imine (C=N–C) groups is 2. The molecule has 12 atom stereocenters. The van der Waals surface area contributed by atoms with Crippen LogP contribution in [0.25, 0.3) is 11.0 Å². The zero-order valence-electron chi connectivity index (χ0n) is 67.7. The van der Waals surface area contributed by atoms with Crippen LogP contribution >= 0.6 is 0 Å². The third-order valence-corrected chi connectivity index (χ3v) is 18.0. The summed E-state index contributed by atoms with van der Waals surface area (Å²) in [4.78, 5) is 244. The lowest BCUT2D eigenvalue weighted by Crippen LogP contribution is -2.62. The van der Waals surface area contributed by atoms with Gasteiger partial charge in [0.15, 0.2) is 11.9 Å². The number of alkyl halides is 3. The molecule has 1 aliphatic rings. The van der Waals surface area contributed by atoms with E-state index in [0.717, 1.165) is 19.1 Å². The summed E-state index contributed by atoms with van der Waals surface area (Å²) in [6, 6.07) is -11.4. The standard InChI is InChI=1S/C69H103N23O24.C2HF3O2/c1-32(2)23-44(84-66(109)49-13-10-22-90(49)53(97)24-36-25-54(98)116-51-27-38(115-7)15-16-39(36)51)61(104)80-34(5)57(100)82-43(18-19-52(70)96)59(102)79-35(6)58(101)89-55(33(3)4)67(110)85-45(28-78-40-17-14-37(91(111)112)26-50(40)92(113)114)62(105)83-42(12-9-21-77-69(74)75)60(103)86-47(30-94)64(107)88-48(31-95)65(108)87-46(29-93)63(106)81-41(56(71)99)11-8-20-76-68(72)73;3-2(4,5)1(6)7/h14-17,25-27,32-35,41-49,55,78,93-95H,8-13,18-24,28-31H2,1-7H3,(H2,70,96)(H2,71,99)(H,79,102)(H,80,104)(H,81,106)(H,82,100)(H,83,105)(H,84,109)(H,85,110)(H,86,103)(H,87,108)(H,88,107)(H,89,101)(H4,72,73,76)(H4,74,75,77);(H,6,7)/t34-,35-,41-,42-,43-,44-,45-,46-,47-,48-,49-,55-;/m0./s1. The van der Waals surface area contributed by atoms with E-state index in [9.17, 15) is 121 Å². The Balaban J connectivity index is 0.00000533. The summed E-state index contributed by atoms with van der Waals surface area (Å²) < 4.78 is 42.3. The Labute approximate surface area is 697 Å². The lowest BCUT2D eigenvalue weighted by Gasteiger charge is -2.29. The molecule has 0 bridgehead atoms. The molecule has 0 radical (unpaired) electrons. The number of rotatable bonds is 48. The van der Waals surface area contributed by atoms with Gasteiger partial charge in [-0.2, -0.15) is 13.2 Å². The van der Waals surface area contributed by atoms with Crippen LogP contribution in [-0.2, 0) is 78.3 Å². The van der Waals surface area contributed by atoms with Gasteiger partial charge in [0.05, 0.1) is 49.3 Å². The number of primary amides is 2. The van der Waals surface area contributed by atoms with Crippen molar-refractivity contribution in [1.29, 1.82) is 0 Å². The van der Waals surface area contributed by atoms with E-state index in [-0.39, 0.29) is 75.6 Å². The highest BCUT2D eigenvalue weighted by Crippen LogP contribution is 2.30. The van der Waals surface area contributed by atoms with Crippen molar-refractivity contribution < 1.29 is 125 Å². The van der Waals surface area contributed by atoms with Crippen molar-refractivity contribution in [1.82, 2.24) is 63.4 Å². The number of hydrogen-bond acceptors (Lipinski definition) is 28. The smallest absolute Gasteiger partial charge is 0.490 e. The van der Waals surface area contributed by atoms with Gasteiger partial charge in [-0.05, 0) is 101 Å². The summed E-state index contributed by atoms with van der Waals surface area (Å²) in [5.74, 6) is -18.9. The number of aliphatic hydroxyl groups is 3. The third-order valence-electron chi connectivity index (χ3n) is 18.0. The van der Waals surface area contributed by atoms with Gasteiger partial charge in [0.25, 0.3) is 11.4 Å². The number of nitrogens with two attached hydrogens (primary N) is 6. The molecule has 2 heterocycles. The fourth-order valence-corrected chi connectivity index (χ4v) is 11.6. The van der Waals surface area contributed by atoms with E-state index in [1.807, 2.05) is 0 Å². The second-order valence-corrected chi connectivity index (χ2v) is 28.4. The van der Waals surface area contributed by atoms with Crippen molar-refractivity contribution in [2.24, 2.45) is 56.2 Å². The molecule has 28 N–H and O–H groups in total. The number of guanidine groups is 2. The van der Waals surface area contributed by atoms with E-state index in [4.69, 9.17) is 53.5 Å². The number of nitrogens with one attached hydrogen (secondary N) is 12. The quantitative estimate of drug-likeness (QED) is 0.00624. The summed E-state index contributed by atoms with van der Waals surface area (Å²) in [6.07, 6.45) is -6.21. The molecule has 1 saturated heterocycles. The van der Waals surface area contributed by atoms with Gasteiger partial charge >= 0.3 is 17.8 Å². The predicted molar refractivity (Wildman–Crippen MR) is 425 cm³/mol. The molecule has 1 aromatic heterocycles. The number of amides is 14. The molecule has 4 rings (SSSR count). The summed E-state index contributed by atoms with van der Waals surface area (Å²) in [5, 5.41) is 90.4. The van der Waals surface area contributed by atoms with Crippen LogP contribution in [0.15, 0.2) is 61.7 Å². The number of nitro groups is 2. The second-order valence-electron chi connectivity index (χ2n) is 28.4. The van der Waals surface area contributed by atoms with Crippen LogP contribution < -0.4 is 109 Å². The molecular formula is C71H104F3N23O26. The maximum atomic E-state index is 14.7. The molecule has 0 saturated carbocycles. The van der Waals surface area contributed by atoms with Crippen LogP contribution in [0.2, 0.25) is 0 Å². The Bertz CT molecular complexity index is 4430. The molecular weight excluding hydrogens is 1650 g/mol. The van der Waals surface area contributed by atoms with Crippen LogP contribution in [0.5, 0.6) is 5.75 Å². The Morgan fingerprint density at radius 3 is 1.52 bits per heavy atom. The van der Waals surface area contributed by atoms with E-state index in [1.54, 1.807) is 26.0 Å². The highest BCUT2D eigenvalue weighted by atomic mass is 19.4. The molecule has 3 aromatic rings. The lowest BCUT2D eigenvalue weighted by molar-refractivity contribution is -0.393. The van der Waals surface area contributed by atoms with Gasteiger partial charge in [-0.25, -0.2) is 9.59 Å². The number of non-ortho nitro benzene ring substituents is 1. The van der Waals surface area contributed by atoms with Crippen LogP contribution in [-0.4, -0.2) is 268 Å². The number of fused-ring (bicyclic) bond motifs is 1. The number of likely N-dealkylation sites (tertiary alicyclic amines) is 1. The SMILES string of the molecule is COc1ccc2c(CC(=O)N3CCC[C@H]3C(=O)N[C@@H](CC(C)C)C(=O)N[C@@H](C)C(=O)N[C@@H](CCC(N)=O)C(=O)N[C@@H](C)C(=O)N[C@H](C(=O)N[C@@H](CNc3ccc([N+](=O)[O-])cc3[N+](=O)[O-])C(=O)N[C@@H](CCCN=C(N)N)C(=O)N[C@@H](CO)C(=O)N[C@@H](CO)C(=O)N[C@@H](CO)C(=O)N[C@@H](CCCN=C(N)N)C(N)=O)C(C)C)cc(=O)oc2c1.O=C(O)C(F)(F)F. The number of aliphatic hydroxyl groups excluding tert-OH is 3. The number of nitro benzene ring substituents is 2. The third kappa shape index (κ3) is 34.5. The van der Waals surface area contributed by atoms with Gasteiger partial charge < -0.3 is 133 Å². The summed E-state index contributed by atoms with van der Waals surface area (Å²) in [7, 11) is 1.43. The van der Waals surface area contributed by atoms with Crippen molar-refractivity contribution in [2.45, 2.75) is 184 Å². The number of carboxylic acids is 1. The fraction of sp³-hybridized carbons (Fsp3) is 0.549. The Kier molecular flexibility index (Phi) is 41.9. The van der Waals surface area contributed by atoms with Crippen molar-refractivity contribution in [3.63, 3.8) is 0 Å². The van der Waals surface area contributed by atoms with Gasteiger partial charge in [0.1, 0.15) is 89.5 Å². The molecule has 0 unspecified atom stereocenters. The van der Waals surface area contributed by atoms with Gasteiger partial charge in [-0.15, -0.1) is 0 Å². The zero-order chi connectivity index (χ0) is 93.0. The van der Waals surface area contributed by atoms with Crippen LogP contribution in [0.4, 0.5) is 30.2 Å². The average Bonchev–Trinajstić information content (AvgIpc) is 1.41. The molecule has 2 aromatic carbocycles. The number of aliphatic carboxylic acids is 1. The first-order valence-corrected chi connectivity index (χ1v) is 37.8. The number of halogens is 3. The molecule has 0 spiro atoms. The number of ether oxygens (including phenoxy) is 1. The topological polar surface area (TPSA) is 791 Å². The number of carboxylic acid groups (broad SMARTS) is 1. The van der Waals surface area contributed by atoms with Crippen LogP contribution in [0.1, 0.15) is 105 Å².